The summed E-state index contributed by atoms with van der Waals surface area (Å²) in [5.41, 5.74) is -1.37. The van der Waals surface area contributed by atoms with Crippen molar-refractivity contribution in [1.29, 1.82) is 0 Å². The fraction of sp³-hybridized carbons (Fsp3) is 0.387. The number of aliphatic hydroxyl groups is 1. The van der Waals surface area contributed by atoms with Gasteiger partial charge in [0.25, 0.3) is 0 Å². The molecule has 3 atom stereocenters. The van der Waals surface area contributed by atoms with Gasteiger partial charge in [-0.05, 0) is 56.9 Å². The highest BCUT2D eigenvalue weighted by molar-refractivity contribution is 6.41. The van der Waals surface area contributed by atoms with Crippen molar-refractivity contribution in [3.05, 3.63) is 89.0 Å². The molecular formula is C31H34O4. The SMILES string of the molecule is CC(C)=CC[C@@H]1C[C@]2(Cc3ccccc3)C(=O)C(=C(O)c3ccccc3)C(=O)[C@@](C)(C2=O)C1(C)C. The molecular weight excluding hydrogens is 436 g/mol. The largest absolute Gasteiger partial charge is 0.506 e. The first-order chi connectivity index (χ1) is 16.5. The van der Waals surface area contributed by atoms with Gasteiger partial charge < -0.3 is 5.11 Å². The smallest absolute Gasteiger partial charge is 0.184 e. The maximum Gasteiger partial charge on any atom is 0.184 e. The molecule has 0 amide bonds. The maximum atomic E-state index is 14.3. The van der Waals surface area contributed by atoms with E-state index in [1.54, 1.807) is 37.3 Å². The fourth-order valence-electron chi connectivity index (χ4n) is 6.02. The first kappa shape index (κ1) is 24.8. The first-order valence-electron chi connectivity index (χ1n) is 12.3. The van der Waals surface area contributed by atoms with E-state index in [2.05, 4.69) is 6.08 Å². The average molecular weight is 471 g/mol. The van der Waals surface area contributed by atoms with Crippen molar-refractivity contribution >= 4 is 23.1 Å². The average Bonchev–Trinajstić information content (AvgIpc) is 2.84. The Kier molecular flexibility index (Phi) is 6.21. The van der Waals surface area contributed by atoms with Crippen LogP contribution in [0, 0.1) is 22.2 Å². The lowest BCUT2D eigenvalue weighted by molar-refractivity contribution is -0.174. The molecule has 35 heavy (non-hydrogen) atoms. The predicted octanol–water partition coefficient (Wildman–Crippen LogP) is 6.31. The van der Waals surface area contributed by atoms with Crippen LogP contribution in [0.3, 0.4) is 0 Å². The molecule has 2 fully saturated rings. The molecule has 0 aromatic heterocycles. The molecule has 0 aliphatic heterocycles. The number of carbonyl (C=O) groups is 3. The van der Waals surface area contributed by atoms with E-state index in [0.717, 1.165) is 11.1 Å². The zero-order valence-corrected chi connectivity index (χ0v) is 21.2. The topological polar surface area (TPSA) is 71.4 Å². The van der Waals surface area contributed by atoms with Crippen molar-refractivity contribution in [1.82, 2.24) is 0 Å². The number of hydrogen-bond donors (Lipinski definition) is 1. The Morgan fingerprint density at radius 1 is 0.914 bits per heavy atom. The molecule has 0 heterocycles. The molecule has 2 bridgehead atoms. The van der Waals surface area contributed by atoms with Crippen molar-refractivity contribution in [2.45, 2.75) is 53.9 Å². The molecule has 2 aliphatic carbocycles. The van der Waals surface area contributed by atoms with Gasteiger partial charge in [-0.15, -0.1) is 0 Å². The highest BCUT2D eigenvalue weighted by Gasteiger charge is 2.72. The molecule has 0 radical (unpaired) electrons. The summed E-state index contributed by atoms with van der Waals surface area (Å²) in [7, 11) is 0. The molecule has 182 valence electrons. The highest BCUT2D eigenvalue weighted by atomic mass is 16.3. The van der Waals surface area contributed by atoms with Gasteiger partial charge in [0.05, 0.1) is 10.8 Å². The third-order valence-corrected chi connectivity index (χ3v) is 8.58. The van der Waals surface area contributed by atoms with Crippen LogP contribution >= 0.6 is 0 Å². The Labute approximate surface area is 207 Å². The second kappa shape index (κ2) is 8.75. The summed E-state index contributed by atoms with van der Waals surface area (Å²) in [5, 5.41) is 11.3. The van der Waals surface area contributed by atoms with Crippen LogP contribution in [0.4, 0.5) is 0 Å². The van der Waals surface area contributed by atoms with E-state index in [4.69, 9.17) is 0 Å². The number of fused-ring (bicyclic) bond motifs is 2. The van der Waals surface area contributed by atoms with Crippen LogP contribution in [0.25, 0.3) is 5.76 Å². The van der Waals surface area contributed by atoms with E-state index in [1.165, 1.54) is 0 Å². The second-order valence-corrected chi connectivity index (χ2v) is 11.1. The Morgan fingerprint density at radius 2 is 1.49 bits per heavy atom. The van der Waals surface area contributed by atoms with Gasteiger partial charge in [-0.1, -0.05) is 86.2 Å². The van der Waals surface area contributed by atoms with Crippen molar-refractivity contribution in [3.63, 3.8) is 0 Å². The fourth-order valence-corrected chi connectivity index (χ4v) is 6.02. The van der Waals surface area contributed by atoms with Gasteiger partial charge in [0.2, 0.25) is 0 Å². The normalized spacial score (nSPS) is 29.1. The number of rotatable bonds is 5. The van der Waals surface area contributed by atoms with Gasteiger partial charge in [-0.2, -0.15) is 0 Å². The molecule has 4 heteroatoms. The van der Waals surface area contributed by atoms with Crippen LogP contribution in [-0.4, -0.2) is 22.5 Å². The molecule has 2 aromatic rings. The highest BCUT2D eigenvalue weighted by Crippen LogP contribution is 2.63. The van der Waals surface area contributed by atoms with Crippen LogP contribution in [0.1, 0.15) is 58.6 Å². The van der Waals surface area contributed by atoms with Crippen molar-refractivity contribution in [2.75, 3.05) is 0 Å². The van der Waals surface area contributed by atoms with Gasteiger partial charge in [0.15, 0.2) is 17.3 Å². The summed E-state index contributed by atoms with van der Waals surface area (Å²) in [5.74, 6) is -1.82. The van der Waals surface area contributed by atoms with E-state index >= 15 is 0 Å². The lowest BCUT2D eigenvalue weighted by atomic mass is 9.40. The summed E-state index contributed by atoms with van der Waals surface area (Å²) in [6.45, 7) is 9.67. The Bertz CT molecular complexity index is 1230. The zero-order chi connectivity index (χ0) is 25.6. The zero-order valence-electron chi connectivity index (χ0n) is 21.2. The lowest BCUT2D eigenvalue weighted by Crippen LogP contribution is -2.69. The third-order valence-electron chi connectivity index (χ3n) is 8.58. The number of benzene rings is 2. The Hall–Kier alpha value is -3.27. The number of aliphatic hydroxyl groups excluding tert-OH is 1. The summed E-state index contributed by atoms with van der Waals surface area (Å²) in [4.78, 5) is 42.7. The van der Waals surface area contributed by atoms with Crippen molar-refractivity contribution in [2.24, 2.45) is 22.2 Å². The van der Waals surface area contributed by atoms with Gasteiger partial charge >= 0.3 is 0 Å². The molecule has 2 saturated carbocycles. The van der Waals surface area contributed by atoms with Gasteiger partial charge in [0.1, 0.15) is 11.3 Å². The van der Waals surface area contributed by atoms with Gasteiger partial charge in [0, 0.05) is 5.56 Å². The minimum atomic E-state index is -1.44. The third kappa shape index (κ3) is 3.71. The summed E-state index contributed by atoms with van der Waals surface area (Å²) < 4.78 is 0. The van der Waals surface area contributed by atoms with Gasteiger partial charge in [-0.3, -0.25) is 14.4 Å². The molecule has 0 spiro atoms. The molecule has 1 N–H and O–H groups in total. The van der Waals surface area contributed by atoms with E-state index in [9.17, 15) is 19.5 Å². The van der Waals surface area contributed by atoms with Crippen molar-refractivity contribution in [3.8, 4) is 0 Å². The monoisotopic (exact) mass is 470 g/mol. The predicted molar refractivity (Wildman–Crippen MR) is 138 cm³/mol. The molecule has 0 saturated heterocycles. The van der Waals surface area contributed by atoms with E-state index in [-0.39, 0.29) is 29.5 Å². The lowest BCUT2D eigenvalue weighted by Gasteiger charge is -2.59. The van der Waals surface area contributed by atoms with Crippen LogP contribution in [0.2, 0.25) is 0 Å². The second-order valence-electron chi connectivity index (χ2n) is 11.1. The van der Waals surface area contributed by atoms with Crippen LogP contribution in [-0.2, 0) is 20.8 Å². The summed E-state index contributed by atoms with van der Waals surface area (Å²) >= 11 is 0. The molecule has 4 rings (SSSR count). The molecule has 4 nitrogen and oxygen atoms in total. The summed E-state index contributed by atoms with van der Waals surface area (Å²) in [6, 6.07) is 18.1. The van der Waals surface area contributed by atoms with Gasteiger partial charge in [-0.25, -0.2) is 0 Å². The number of carbonyl (C=O) groups excluding carboxylic acids is 3. The van der Waals surface area contributed by atoms with Crippen molar-refractivity contribution < 1.29 is 19.5 Å². The van der Waals surface area contributed by atoms with Crippen LogP contribution in [0.5, 0.6) is 0 Å². The Balaban J connectivity index is 1.98. The minimum Gasteiger partial charge on any atom is -0.506 e. The quantitative estimate of drug-likeness (QED) is 0.183. The standard InChI is InChI=1S/C31H34O4/c1-20(2)16-17-23-19-31(18-21-12-8-6-9-13-21)27(34)24(25(32)22-14-10-7-11-15-22)26(33)30(5,28(31)35)29(23,3)4/h6-16,23,32H,17-19H2,1-5H3/t23-,30+,31-/m1/s1. The maximum absolute atomic E-state index is 14.3. The molecule has 2 aliphatic rings. The van der Waals surface area contributed by atoms with Crippen LogP contribution in [0.15, 0.2) is 77.9 Å². The van der Waals surface area contributed by atoms with E-state index in [1.807, 2.05) is 58.0 Å². The number of hydrogen-bond acceptors (Lipinski definition) is 4. The molecule has 0 unspecified atom stereocenters. The van der Waals surface area contributed by atoms with E-state index < -0.39 is 27.8 Å². The minimum absolute atomic E-state index is 0.0582. The van der Waals surface area contributed by atoms with Crippen LogP contribution < -0.4 is 0 Å². The summed E-state index contributed by atoms with van der Waals surface area (Å²) in [6.07, 6.45) is 3.36. The number of Topliss-reactive ketones (excluding diaryl/α,β-unsaturated/α-hetero) is 3. The van der Waals surface area contributed by atoms with E-state index in [0.29, 0.717) is 18.4 Å². The Morgan fingerprint density at radius 3 is 2.06 bits per heavy atom. The molecule has 2 aromatic carbocycles. The number of ketones is 3. The number of allylic oxidation sites excluding steroid dienone is 3. The first-order valence-corrected chi connectivity index (χ1v) is 12.3.